The number of hydrogen-bond donors (Lipinski definition) is 2. The maximum Gasteiger partial charge on any atom is 0.413 e. The fourth-order valence-electron chi connectivity index (χ4n) is 1.08. The molecule has 0 aliphatic heterocycles. The summed E-state index contributed by atoms with van der Waals surface area (Å²) >= 11 is 3.06. The van der Waals surface area contributed by atoms with Crippen LogP contribution in [0.3, 0.4) is 0 Å². The minimum Gasteiger partial charge on any atom is -0.478 e. The molecule has 1 aromatic rings. The van der Waals surface area contributed by atoms with E-state index >= 15 is 0 Å². The first kappa shape index (κ1) is 14.4. The molecule has 0 aliphatic rings. The van der Waals surface area contributed by atoms with E-state index in [0.29, 0.717) is 4.47 Å². The molecule has 0 aliphatic carbocycles. The number of carboxylic acid groups (broad SMARTS) is 1. The Morgan fingerprint density at radius 3 is 2.56 bits per heavy atom. The Kier molecular flexibility index (Phi) is 4.28. The molecule has 1 amide bonds. The number of halogens is 1. The predicted octanol–water partition coefficient (Wildman–Crippen LogP) is 2.89. The van der Waals surface area contributed by atoms with E-state index in [2.05, 4.69) is 26.2 Å². The van der Waals surface area contributed by atoms with E-state index in [-0.39, 0.29) is 11.4 Å². The van der Waals surface area contributed by atoms with Crippen molar-refractivity contribution < 1.29 is 19.4 Å². The Balaban J connectivity index is 2.83. The lowest BCUT2D eigenvalue weighted by Gasteiger charge is -2.19. The Morgan fingerprint density at radius 2 is 2.06 bits per heavy atom. The van der Waals surface area contributed by atoms with Crippen molar-refractivity contribution in [2.75, 3.05) is 5.32 Å². The van der Waals surface area contributed by atoms with Gasteiger partial charge >= 0.3 is 12.1 Å². The van der Waals surface area contributed by atoms with Gasteiger partial charge in [-0.05, 0) is 42.8 Å². The Labute approximate surface area is 112 Å². The zero-order valence-corrected chi connectivity index (χ0v) is 11.7. The third-order valence-electron chi connectivity index (χ3n) is 1.71. The molecular formula is C11H13BrN2O4. The number of nitrogens with one attached hydrogen (secondary N) is 1. The van der Waals surface area contributed by atoms with Crippen molar-refractivity contribution >= 4 is 33.8 Å². The second-order valence-corrected chi connectivity index (χ2v) is 5.34. The van der Waals surface area contributed by atoms with Gasteiger partial charge in [-0.15, -0.1) is 0 Å². The summed E-state index contributed by atoms with van der Waals surface area (Å²) in [6.07, 6.45) is 0.615. The van der Waals surface area contributed by atoms with Crippen molar-refractivity contribution in [1.29, 1.82) is 0 Å². The number of nitrogens with zero attached hydrogens (tertiary/aromatic N) is 1. The number of rotatable bonds is 2. The number of aromatic nitrogens is 1. The van der Waals surface area contributed by atoms with Crippen LogP contribution in [0.25, 0.3) is 0 Å². The van der Waals surface area contributed by atoms with Gasteiger partial charge in [0.15, 0.2) is 0 Å². The summed E-state index contributed by atoms with van der Waals surface area (Å²) in [6.45, 7) is 5.18. The van der Waals surface area contributed by atoms with Gasteiger partial charge in [0.1, 0.15) is 11.4 Å². The first-order valence-electron chi connectivity index (χ1n) is 5.08. The van der Waals surface area contributed by atoms with Crippen LogP contribution < -0.4 is 5.32 Å². The first-order chi connectivity index (χ1) is 8.19. The molecule has 6 nitrogen and oxygen atoms in total. The third kappa shape index (κ3) is 4.33. The van der Waals surface area contributed by atoms with E-state index in [1.165, 1.54) is 12.3 Å². The molecule has 0 radical (unpaired) electrons. The van der Waals surface area contributed by atoms with Gasteiger partial charge < -0.3 is 9.84 Å². The monoisotopic (exact) mass is 316 g/mol. The lowest BCUT2D eigenvalue weighted by atomic mass is 10.2. The van der Waals surface area contributed by atoms with Gasteiger partial charge in [0.05, 0.1) is 10.0 Å². The van der Waals surface area contributed by atoms with Crippen LogP contribution in [-0.4, -0.2) is 27.8 Å². The molecule has 1 aromatic heterocycles. The summed E-state index contributed by atoms with van der Waals surface area (Å²) < 4.78 is 5.36. The molecular weight excluding hydrogens is 304 g/mol. The van der Waals surface area contributed by atoms with Crippen LogP contribution in [0, 0.1) is 0 Å². The zero-order valence-electron chi connectivity index (χ0n) is 10.2. The number of carbonyl (C=O) groups is 2. The number of anilines is 1. The zero-order chi connectivity index (χ0) is 13.9. The van der Waals surface area contributed by atoms with Gasteiger partial charge in [-0.3, -0.25) is 5.32 Å². The number of ether oxygens (including phenoxy) is 1. The number of carbonyl (C=O) groups excluding carboxylic acids is 1. The van der Waals surface area contributed by atoms with Crippen LogP contribution >= 0.6 is 15.9 Å². The summed E-state index contributed by atoms with van der Waals surface area (Å²) in [6, 6.07) is 1.25. The smallest absolute Gasteiger partial charge is 0.413 e. The van der Waals surface area contributed by atoms with E-state index in [1.807, 2.05) is 0 Å². The molecule has 1 rings (SSSR count). The summed E-state index contributed by atoms with van der Waals surface area (Å²) in [5.41, 5.74) is -0.620. The van der Waals surface area contributed by atoms with Crippen molar-refractivity contribution in [3.63, 3.8) is 0 Å². The number of pyridine rings is 1. The SMILES string of the molecule is CC(C)(C)OC(=O)Nc1cc(C(=O)O)c(Br)cn1. The van der Waals surface area contributed by atoms with Gasteiger partial charge in [0.25, 0.3) is 0 Å². The largest absolute Gasteiger partial charge is 0.478 e. The highest BCUT2D eigenvalue weighted by molar-refractivity contribution is 9.10. The number of aromatic carboxylic acids is 1. The molecule has 0 fully saturated rings. The van der Waals surface area contributed by atoms with Crippen LogP contribution in [0.5, 0.6) is 0 Å². The van der Waals surface area contributed by atoms with Crippen LogP contribution in [0.15, 0.2) is 16.7 Å². The molecule has 0 saturated carbocycles. The molecule has 98 valence electrons. The standard InChI is InChI=1S/C11H13BrN2O4/c1-11(2,3)18-10(17)14-8-4-6(9(15)16)7(12)5-13-8/h4-5H,1-3H3,(H,15,16)(H,13,14,17). The second kappa shape index (κ2) is 5.34. The fourth-order valence-corrected chi connectivity index (χ4v) is 1.47. The van der Waals surface area contributed by atoms with Crippen LogP contribution in [-0.2, 0) is 4.74 Å². The summed E-state index contributed by atoms with van der Waals surface area (Å²) in [5.74, 6) is -0.999. The highest BCUT2D eigenvalue weighted by Gasteiger charge is 2.17. The molecule has 7 heteroatoms. The van der Waals surface area contributed by atoms with Crippen molar-refractivity contribution in [2.24, 2.45) is 0 Å². The molecule has 0 saturated heterocycles. The Morgan fingerprint density at radius 1 is 1.44 bits per heavy atom. The highest BCUT2D eigenvalue weighted by Crippen LogP contribution is 2.19. The molecule has 0 spiro atoms. The molecule has 0 bridgehead atoms. The van der Waals surface area contributed by atoms with Crippen LogP contribution in [0.4, 0.5) is 10.6 Å². The second-order valence-electron chi connectivity index (χ2n) is 4.48. The number of carboxylic acids is 1. The average Bonchev–Trinajstić information content (AvgIpc) is 2.17. The van der Waals surface area contributed by atoms with Crippen LogP contribution in [0.1, 0.15) is 31.1 Å². The maximum atomic E-state index is 11.5. The van der Waals surface area contributed by atoms with E-state index < -0.39 is 17.7 Å². The summed E-state index contributed by atoms with van der Waals surface area (Å²) in [7, 11) is 0. The van der Waals surface area contributed by atoms with Gasteiger partial charge in [0, 0.05) is 6.20 Å². The first-order valence-corrected chi connectivity index (χ1v) is 5.87. The van der Waals surface area contributed by atoms with Gasteiger partial charge in [-0.1, -0.05) is 0 Å². The predicted molar refractivity (Wildman–Crippen MR) is 68.8 cm³/mol. The van der Waals surface area contributed by atoms with E-state index in [0.717, 1.165) is 0 Å². The van der Waals surface area contributed by atoms with E-state index in [9.17, 15) is 9.59 Å². The lowest BCUT2D eigenvalue weighted by molar-refractivity contribution is 0.0632. The quantitative estimate of drug-likeness (QED) is 0.875. The molecule has 0 unspecified atom stereocenters. The Hall–Kier alpha value is -1.63. The normalized spacial score (nSPS) is 10.9. The highest BCUT2D eigenvalue weighted by atomic mass is 79.9. The van der Waals surface area contributed by atoms with Gasteiger partial charge in [-0.2, -0.15) is 0 Å². The average molecular weight is 317 g/mol. The van der Waals surface area contributed by atoms with Crippen molar-refractivity contribution in [2.45, 2.75) is 26.4 Å². The van der Waals surface area contributed by atoms with Gasteiger partial charge in [0.2, 0.25) is 0 Å². The molecule has 0 atom stereocenters. The van der Waals surface area contributed by atoms with Crippen molar-refractivity contribution in [3.05, 3.63) is 22.3 Å². The molecule has 18 heavy (non-hydrogen) atoms. The Bertz CT molecular complexity index is 482. The number of amides is 1. The van der Waals surface area contributed by atoms with E-state index in [4.69, 9.17) is 9.84 Å². The minimum absolute atomic E-state index is 0.0102. The topological polar surface area (TPSA) is 88.5 Å². The fraction of sp³-hybridized carbons (Fsp3) is 0.364. The van der Waals surface area contributed by atoms with Crippen molar-refractivity contribution in [1.82, 2.24) is 4.98 Å². The van der Waals surface area contributed by atoms with Gasteiger partial charge in [-0.25, -0.2) is 14.6 Å². The third-order valence-corrected chi connectivity index (χ3v) is 2.35. The maximum absolute atomic E-state index is 11.5. The summed E-state index contributed by atoms with van der Waals surface area (Å²) in [5, 5.41) is 11.3. The van der Waals surface area contributed by atoms with Crippen molar-refractivity contribution in [3.8, 4) is 0 Å². The molecule has 0 aromatic carbocycles. The van der Waals surface area contributed by atoms with Crippen LogP contribution in [0.2, 0.25) is 0 Å². The number of hydrogen-bond acceptors (Lipinski definition) is 4. The molecule has 1 heterocycles. The summed E-state index contributed by atoms with van der Waals surface area (Å²) in [4.78, 5) is 26.2. The minimum atomic E-state index is -1.11. The lowest BCUT2D eigenvalue weighted by Crippen LogP contribution is -2.27. The molecule has 2 N–H and O–H groups in total. The van der Waals surface area contributed by atoms with E-state index in [1.54, 1.807) is 20.8 Å².